The van der Waals surface area contributed by atoms with Gasteiger partial charge < -0.3 is 10.0 Å². The summed E-state index contributed by atoms with van der Waals surface area (Å²) in [6.45, 7) is 5.26. The SMILES string of the molecule is CC1=C(C)N2CCCC(C(=O)c3cc(Br)cc(Br)c3O)C2S1. The molecule has 0 radical (unpaired) electrons. The first kappa shape index (κ1) is 16.4. The lowest BCUT2D eigenvalue weighted by atomic mass is 9.89. The zero-order chi connectivity index (χ0) is 16.0. The number of benzene rings is 1. The number of piperidine rings is 1. The fourth-order valence-corrected chi connectivity index (χ4v) is 5.85. The first-order valence-corrected chi connectivity index (χ1v) is 9.69. The summed E-state index contributed by atoms with van der Waals surface area (Å²) >= 11 is 8.49. The van der Waals surface area contributed by atoms with Gasteiger partial charge in [-0.15, -0.1) is 11.8 Å². The quantitative estimate of drug-likeness (QED) is 0.638. The molecule has 2 unspecified atom stereocenters. The number of allylic oxidation sites excluding steroid dienone is 2. The van der Waals surface area contributed by atoms with Crippen LogP contribution in [-0.2, 0) is 0 Å². The van der Waals surface area contributed by atoms with Crippen LogP contribution in [0.5, 0.6) is 5.75 Å². The van der Waals surface area contributed by atoms with Crippen LogP contribution in [0.2, 0.25) is 0 Å². The molecular formula is C16H17Br2NO2S. The minimum atomic E-state index is -0.0850. The number of carbonyl (C=O) groups excluding carboxylic acids is 1. The van der Waals surface area contributed by atoms with Crippen molar-refractivity contribution in [3.05, 3.63) is 37.2 Å². The fourth-order valence-electron chi connectivity index (χ4n) is 3.16. The molecule has 2 atom stereocenters. The Morgan fingerprint density at radius 1 is 1.36 bits per heavy atom. The van der Waals surface area contributed by atoms with Crippen LogP contribution in [0.25, 0.3) is 0 Å². The van der Waals surface area contributed by atoms with E-state index in [1.165, 1.54) is 10.6 Å². The highest BCUT2D eigenvalue weighted by Gasteiger charge is 2.41. The fraction of sp³-hybridized carbons (Fsp3) is 0.438. The van der Waals surface area contributed by atoms with E-state index in [0.717, 1.165) is 23.9 Å². The Morgan fingerprint density at radius 2 is 2.09 bits per heavy atom. The second-order valence-corrected chi connectivity index (χ2v) is 8.84. The van der Waals surface area contributed by atoms with E-state index in [1.54, 1.807) is 23.9 Å². The van der Waals surface area contributed by atoms with E-state index < -0.39 is 0 Å². The predicted molar refractivity (Wildman–Crippen MR) is 97.0 cm³/mol. The minimum Gasteiger partial charge on any atom is -0.506 e. The molecule has 0 aliphatic carbocycles. The monoisotopic (exact) mass is 445 g/mol. The highest BCUT2D eigenvalue weighted by molar-refractivity contribution is 9.11. The number of halogens is 2. The number of aromatic hydroxyl groups is 1. The predicted octanol–water partition coefficient (Wildman–Crippen LogP) is 5.14. The van der Waals surface area contributed by atoms with Crippen molar-refractivity contribution in [2.75, 3.05) is 6.54 Å². The topological polar surface area (TPSA) is 40.5 Å². The smallest absolute Gasteiger partial charge is 0.172 e. The number of Topliss-reactive ketones (excluding diaryl/α,β-unsaturated/α-hetero) is 1. The normalized spacial score (nSPS) is 24.6. The first-order valence-electron chi connectivity index (χ1n) is 7.23. The molecule has 2 heterocycles. The number of hydrogen-bond acceptors (Lipinski definition) is 4. The number of phenolic OH excluding ortho intramolecular Hbond substituents is 1. The lowest BCUT2D eigenvalue weighted by molar-refractivity contribution is 0.0825. The number of nitrogens with zero attached hydrogens (tertiary/aromatic N) is 1. The lowest BCUT2D eigenvalue weighted by Gasteiger charge is -2.37. The van der Waals surface area contributed by atoms with Gasteiger partial charge in [0.2, 0.25) is 0 Å². The van der Waals surface area contributed by atoms with Gasteiger partial charge in [-0.25, -0.2) is 0 Å². The molecule has 0 saturated carbocycles. The van der Waals surface area contributed by atoms with Crippen molar-refractivity contribution in [2.24, 2.45) is 5.92 Å². The molecule has 0 aromatic heterocycles. The molecule has 0 spiro atoms. The minimum absolute atomic E-state index is 0.0317. The molecule has 3 nitrogen and oxygen atoms in total. The number of rotatable bonds is 2. The van der Waals surface area contributed by atoms with Crippen LogP contribution in [0.3, 0.4) is 0 Å². The number of thioether (sulfide) groups is 1. The van der Waals surface area contributed by atoms with Crippen LogP contribution in [0.4, 0.5) is 0 Å². The maximum Gasteiger partial charge on any atom is 0.172 e. The summed E-state index contributed by atoms with van der Waals surface area (Å²) in [5.74, 6) is -0.0165. The van der Waals surface area contributed by atoms with Gasteiger partial charge in [0.25, 0.3) is 0 Å². The zero-order valence-corrected chi connectivity index (χ0v) is 16.4. The highest BCUT2D eigenvalue weighted by Crippen LogP contribution is 2.46. The second-order valence-electron chi connectivity index (χ2n) is 5.74. The largest absolute Gasteiger partial charge is 0.506 e. The van der Waals surface area contributed by atoms with Crippen molar-refractivity contribution in [3.63, 3.8) is 0 Å². The van der Waals surface area contributed by atoms with Gasteiger partial charge in [-0.1, -0.05) is 15.9 Å². The molecule has 0 bridgehead atoms. The number of ketones is 1. The van der Waals surface area contributed by atoms with Gasteiger partial charge in [-0.05, 0) is 54.8 Å². The van der Waals surface area contributed by atoms with E-state index in [-0.39, 0.29) is 22.8 Å². The van der Waals surface area contributed by atoms with Crippen LogP contribution in [0, 0.1) is 5.92 Å². The summed E-state index contributed by atoms with van der Waals surface area (Å²) in [7, 11) is 0. The van der Waals surface area contributed by atoms with Gasteiger partial charge in [0, 0.05) is 21.6 Å². The molecule has 22 heavy (non-hydrogen) atoms. The molecule has 1 aromatic carbocycles. The molecule has 6 heteroatoms. The number of phenols is 1. The highest BCUT2D eigenvalue weighted by atomic mass is 79.9. The Bertz CT molecular complexity index is 674. The molecule has 1 N–H and O–H groups in total. The average Bonchev–Trinajstić information content (AvgIpc) is 2.77. The molecule has 0 amide bonds. The van der Waals surface area contributed by atoms with E-state index in [0.29, 0.717) is 10.0 Å². The number of fused-ring (bicyclic) bond motifs is 1. The summed E-state index contributed by atoms with van der Waals surface area (Å²) in [6, 6.07) is 3.47. The number of carbonyl (C=O) groups is 1. The van der Waals surface area contributed by atoms with Crippen LogP contribution >= 0.6 is 43.6 Å². The van der Waals surface area contributed by atoms with Gasteiger partial charge in [0.05, 0.1) is 21.3 Å². The van der Waals surface area contributed by atoms with Gasteiger partial charge >= 0.3 is 0 Å². The Morgan fingerprint density at radius 3 is 2.82 bits per heavy atom. The summed E-state index contributed by atoms with van der Waals surface area (Å²) < 4.78 is 1.33. The molecule has 1 fully saturated rings. The van der Waals surface area contributed by atoms with E-state index >= 15 is 0 Å². The average molecular weight is 447 g/mol. The van der Waals surface area contributed by atoms with Crippen molar-refractivity contribution in [1.82, 2.24) is 4.90 Å². The number of hydrogen-bond donors (Lipinski definition) is 1. The van der Waals surface area contributed by atoms with Crippen LogP contribution in [-0.4, -0.2) is 27.7 Å². The molecule has 118 valence electrons. The third kappa shape index (κ3) is 2.74. The standard InChI is InChI=1S/C16H17Br2NO2S/c1-8-9(2)22-16-11(4-3-5-19(8)16)14(20)12-6-10(17)7-13(18)15(12)21/h6-7,11,16,21H,3-5H2,1-2H3. The molecular weight excluding hydrogens is 430 g/mol. The van der Waals surface area contributed by atoms with Gasteiger partial charge in [0.1, 0.15) is 5.75 Å². The van der Waals surface area contributed by atoms with Crippen molar-refractivity contribution in [3.8, 4) is 5.75 Å². The summed E-state index contributed by atoms with van der Waals surface area (Å²) in [5, 5.41) is 10.4. The Kier molecular flexibility index (Phi) is 4.63. The molecule has 1 aromatic rings. The first-order chi connectivity index (χ1) is 10.4. The van der Waals surface area contributed by atoms with Crippen molar-refractivity contribution < 1.29 is 9.90 Å². The second kappa shape index (κ2) is 6.21. The lowest BCUT2D eigenvalue weighted by Crippen LogP contribution is -2.42. The zero-order valence-electron chi connectivity index (χ0n) is 12.4. The summed E-state index contributed by atoms with van der Waals surface area (Å²) in [5.41, 5.74) is 1.68. The van der Waals surface area contributed by atoms with Crippen LogP contribution in [0.1, 0.15) is 37.0 Å². The maximum absolute atomic E-state index is 13.0. The van der Waals surface area contributed by atoms with E-state index in [4.69, 9.17) is 0 Å². The molecule has 2 aliphatic heterocycles. The van der Waals surface area contributed by atoms with E-state index in [1.807, 2.05) is 0 Å². The maximum atomic E-state index is 13.0. The third-order valence-electron chi connectivity index (χ3n) is 4.43. The van der Waals surface area contributed by atoms with E-state index in [9.17, 15) is 9.90 Å². The molecule has 2 aliphatic rings. The molecule has 1 saturated heterocycles. The van der Waals surface area contributed by atoms with Gasteiger partial charge in [0.15, 0.2) is 5.78 Å². The Balaban J connectivity index is 1.93. The van der Waals surface area contributed by atoms with Crippen molar-refractivity contribution >= 4 is 49.4 Å². The van der Waals surface area contributed by atoms with Crippen molar-refractivity contribution in [2.45, 2.75) is 32.1 Å². The van der Waals surface area contributed by atoms with Crippen molar-refractivity contribution in [1.29, 1.82) is 0 Å². The van der Waals surface area contributed by atoms with Crippen LogP contribution in [0.15, 0.2) is 31.7 Å². The molecule has 3 rings (SSSR count). The van der Waals surface area contributed by atoms with Gasteiger partial charge in [-0.2, -0.15) is 0 Å². The Hall–Kier alpha value is -0.460. The summed E-state index contributed by atoms with van der Waals surface area (Å²) in [6.07, 6.45) is 1.88. The Labute approximate surface area is 151 Å². The van der Waals surface area contributed by atoms with E-state index in [2.05, 4.69) is 50.6 Å². The van der Waals surface area contributed by atoms with Gasteiger partial charge in [-0.3, -0.25) is 4.79 Å². The summed E-state index contributed by atoms with van der Waals surface area (Å²) in [4.78, 5) is 16.7. The third-order valence-corrected chi connectivity index (χ3v) is 6.97. The van der Waals surface area contributed by atoms with Crippen LogP contribution < -0.4 is 0 Å².